The standard InChI is InChI=1S/C21H19F2N3O4/c1-13-9-21(28)26(11-20(27)25-18-8-3-14(22)10-17(18)23)19(24-13)12-30-16-6-4-15(29-2)5-7-16/h3-10H,11-12H2,1-2H3,(H,25,27). The monoisotopic (exact) mass is 415 g/mol. The van der Waals surface area contributed by atoms with Crippen molar-refractivity contribution in [2.75, 3.05) is 12.4 Å². The lowest BCUT2D eigenvalue weighted by Crippen LogP contribution is -2.31. The van der Waals surface area contributed by atoms with Gasteiger partial charge in [0.05, 0.1) is 12.8 Å². The van der Waals surface area contributed by atoms with E-state index in [1.165, 1.54) is 6.07 Å². The Morgan fingerprint density at radius 2 is 1.80 bits per heavy atom. The van der Waals surface area contributed by atoms with Crippen LogP contribution in [-0.4, -0.2) is 22.6 Å². The molecule has 0 unspecified atom stereocenters. The minimum atomic E-state index is -0.916. The second kappa shape index (κ2) is 9.17. The summed E-state index contributed by atoms with van der Waals surface area (Å²) >= 11 is 0. The van der Waals surface area contributed by atoms with E-state index in [0.29, 0.717) is 23.3 Å². The van der Waals surface area contributed by atoms with Gasteiger partial charge in [-0.3, -0.25) is 14.2 Å². The highest BCUT2D eigenvalue weighted by atomic mass is 19.1. The van der Waals surface area contributed by atoms with Gasteiger partial charge in [-0.2, -0.15) is 0 Å². The number of rotatable bonds is 7. The normalized spacial score (nSPS) is 10.5. The number of hydrogen-bond acceptors (Lipinski definition) is 5. The zero-order valence-corrected chi connectivity index (χ0v) is 16.3. The molecule has 3 aromatic rings. The van der Waals surface area contributed by atoms with E-state index in [9.17, 15) is 18.4 Å². The van der Waals surface area contributed by atoms with Crippen LogP contribution < -0.4 is 20.3 Å². The van der Waals surface area contributed by atoms with E-state index in [1.807, 2.05) is 0 Å². The Bertz CT molecular complexity index is 1110. The van der Waals surface area contributed by atoms with E-state index in [0.717, 1.165) is 16.7 Å². The van der Waals surface area contributed by atoms with Crippen molar-refractivity contribution < 1.29 is 23.0 Å². The molecule has 1 aromatic heterocycles. The molecule has 0 atom stereocenters. The van der Waals surface area contributed by atoms with Gasteiger partial charge in [-0.15, -0.1) is 0 Å². The molecule has 9 heteroatoms. The van der Waals surface area contributed by atoms with Crippen LogP contribution in [0.1, 0.15) is 11.5 Å². The summed E-state index contributed by atoms with van der Waals surface area (Å²) in [5.41, 5.74) is -0.175. The number of nitrogens with one attached hydrogen (secondary N) is 1. The molecule has 3 rings (SSSR count). The number of methoxy groups -OCH3 is 1. The fraction of sp³-hybridized carbons (Fsp3) is 0.190. The Hall–Kier alpha value is -3.75. The number of aromatic nitrogens is 2. The quantitative estimate of drug-likeness (QED) is 0.641. The molecular weight excluding hydrogens is 396 g/mol. The highest BCUT2D eigenvalue weighted by Crippen LogP contribution is 2.18. The number of aryl methyl sites for hydroxylation is 1. The number of nitrogens with zero attached hydrogens (tertiary/aromatic N) is 2. The minimum absolute atomic E-state index is 0.0680. The minimum Gasteiger partial charge on any atom is -0.497 e. The first-order valence-corrected chi connectivity index (χ1v) is 8.95. The van der Waals surface area contributed by atoms with E-state index in [1.54, 1.807) is 38.3 Å². The van der Waals surface area contributed by atoms with Gasteiger partial charge >= 0.3 is 0 Å². The van der Waals surface area contributed by atoms with E-state index in [4.69, 9.17) is 9.47 Å². The molecule has 0 radical (unpaired) electrons. The molecule has 0 aliphatic rings. The maximum absolute atomic E-state index is 13.8. The SMILES string of the molecule is COc1ccc(OCc2nc(C)cc(=O)n2CC(=O)Nc2ccc(F)cc2F)cc1. The number of carbonyl (C=O) groups excluding carboxylic acids is 1. The highest BCUT2D eigenvalue weighted by Gasteiger charge is 2.14. The van der Waals surface area contributed by atoms with Crippen molar-refractivity contribution in [3.63, 3.8) is 0 Å². The third kappa shape index (κ3) is 5.19. The number of carbonyl (C=O) groups is 1. The van der Waals surface area contributed by atoms with Gasteiger partial charge in [0.15, 0.2) is 0 Å². The zero-order valence-electron chi connectivity index (χ0n) is 16.3. The van der Waals surface area contributed by atoms with Crippen molar-refractivity contribution in [3.8, 4) is 11.5 Å². The van der Waals surface area contributed by atoms with Gasteiger partial charge in [0.2, 0.25) is 5.91 Å². The summed E-state index contributed by atoms with van der Waals surface area (Å²) in [6.07, 6.45) is 0. The molecule has 1 heterocycles. The lowest BCUT2D eigenvalue weighted by atomic mass is 10.3. The molecule has 1 N–H and O–H groups in total. The van der Waals surface area contributed by atoms with Crippen LogP contribution in [0.5, 0.6) is 11.5 Å². The lowest BCUT2D eigenvalue weighted by molar-refractivity contribution is -0.116. The fourth-order valence-electron chi connectivity index (χ4n) is 2.70. The third-order valence-corrected chi connectivity index (χ3v) is 4.15. The van der Waals surface area contributed by atoms with Crippen molar-refractivity contribution in [2.24, 2.45) is 0 Å². The van der Waals surface area contributed by atoms with E-state index in [-0.39, 0.29) is 18.1 Å². The molecule has 0 aliphatic heterocycles. The molecular formula is C21H19F2N3O4. The van der Waals surface area contributed by atoms with E-state index < -0.39 is 29.6 Å². The first-order valence-electron chi connectivity index (χ1n) is 8.95. The maximum atomic E-state index is 13.8. The number of benzene rings is 2. The van der Waals surface area contributed by atoms with Crippen molar-refractivity contribution in [1.82, 2.24) is 9.55 Å². The zero-order chi connectivity index (χ0) is 21.7. The summed E-state index contributed by atoms with van der Waals surface area (Å²) in [4.78, 5) is 29.0. The van der Waals surface area contributed by atoms with Gasteiger partial charge in [0, 0.05) is 17.8 Å². The van der Waals surface area contributed by atoms with Gasteiger partial charge in [0.1, 0.15) is 42.1 Å². The van der Waals surface area contributed by atoms with Crippen LogP contribution in [-0.2, 0) is 17.9 Å². The van der Waals surface area contributed by atoms with Crippen molar-refractivity contribution in [1.29, 1.82) is 0 Å². The number of amides is 1. The third-order valence-electron chi connectivity index (χ3n) is 4.15. The van der Waals surface area contributed by atoms with Crippen molar-refractivity contribution in [3.05, 3.63) is 82.0 Å². The molecule has 30 heavy (non-hydrogen) atoms. The van der Waals surface area contributed by atoms with Crippen LogP contribution in [0.15, 0.2) is 53.3 Å². The Balaban J connectivity index is 1.76. The lowest BCUT2D eigenvalue weighted by Gasteiger charge is -2.14. The first-order chi connectivity index (χ1) is 14.4. The van der Waals surface area contributed by atoms with Crippen LogP contribution in [0.2, 0.25) is 0 Å². The predicted octanol–water partition coefficient (Wildman–Crippen LogP) is 3.06. The topological polar surface area (TPSA) is 82.5 Å². The molecule has 0 spiro atoms. The predicted molar refractivity (Wildman–Crippen MR) is 106 cm³/mol. The molecule has 0 fully saturated rings. The van der Waals surface area contributed by atoms with E-state index >= 15 is 0 Å². The summed E-state index contributed by atoms with van der Waals surface area (Å²) in [6.45, 7) is 1.17. The summed E-state index contributed by atoms with van der Waals surface area (Å²) in [7, 11) is 1.55. The molecule has 2 aromatic carbocycles. The summed E-state index contributed by atoms with van der Waals surface area (Å²) in [5, 5.41) is 2.32. The Morgan fingerprint density at radius 1 is 1.10 bits per heavy atom. The highest BCUT2D eigenvalue weighted by molar-refractivity contribution is 5.90. The average Bonchev–Trinajstić information content (AvgIpc) is 2.71. The smallest absolute Gasteiger partial charge is 0.254 e. The van der Waals surface area contributed by atoms with Crippen LogP contribution in [0.25, 0.3) is 0 Å². The fourth-order valence-corrected chi connectivity index (χ4v) is 2.70. The van der Waals surface area contributed by atoms with Gasteiger partial charge in [-0.25, -0.2) is 13.8 Å². The van der Waals surface area contributed by atoms with Gasteiger partial charge < -0.3 is 14.8 Å². The first kappa shape index (κ1) is 21.0. The maximum Gasteiger partial charge on any atom is 0.254 e. The second-order valence-corrected chi connectivity index (χ2v) is 6.37. The number of ether oxygens (including phenoxy) is 2. The van der Waals surface area contributed by atoms with Crippen LogP contribution in [0.4, 0.5) is 14.5 Å². The summed E-state index contributed by atoms with van der Waals surface area (Å²) in [5.74, 6) is -0.929. The molecule has 156 valence electrons. The van der Waals surface area contributed by atoms with Gasteiger partial charge in [-0.1, -0.05) is 0 Å². The number of halogens is 2. The molecule has 1 amide bonds. The molecule has 0 bridgehead atoms. The summed E-state index contributed by atoms with van der Waals surface area (Å²) in [6, 6.07) is 10.9. The van der Waals surface area contributed by atoms with Gasteiger partial charge in [-0.05, 0) is 43.3 Å². The summed E-state index contributed by atoms with van der Waals surface area (Å²) < 4.78 is 38.7. The molecule has 0 saturated carbocycles. The second-order valence-electron chi connectivity index (χ2n) is 6.37. The van der Waals surface area contributed by atoms with Crippen LogP contribution >= 0.6 is 0 Å². The molecule has 7 nitrogen and oxygen atoms in total. The molecule has 0 aliphatic carbocycles. The number of hydrogen-bond donors (Lipinski definition) is 1. The Kier molecular flexibility index (Phi) is 6.41. The average molecular weight is 415 g/mol. The largest absolute Gasteiger partial charge is 0.497 e. The van der Waals surface area contributed by atoms with Crippen molar-refractivity contribution in [2.45, 2.75) is 20.1 Å². The molecule has 0 saturated heterocycles. The Labute approximate surface area is 170 Å². The van der Waals surface area contributed by atoms with Crippen molar-refractivity contribution >= 4 is 11.6 Å². The Morgan fingerprint density at radius 3 is 2.47 bits per heavy atom. The van der Waals surface area contributed by atoms with Crippen LogP contribution in [0.3, 0.4) is 0 Å². The number of anilines is 1. The van der Waals surface area contributed by atoms with Gasteiger partial charge in [0.25, 0.3) is 5.56 Å². The van der Waals surface area contributed by atoms with E-state index in [2.05, 4.69) is 10.3 Å². The van der Waals surface area contributed by atoms with Crippen LogP contribution in [0, 0.1) is 18.6 Å².